The molecule has 1 aliphatic heterocycles. The van der Waals surface area contributed by atoms with Gasteiger partial charge in [0.2, 0.25) is 12.7 Å². The van der Waals surface area contributed by atoms with Gasteiger partial charge in [0.25, 0.3) is 0 Å². The minimum absolute atomic E-state index is 0.147. The minimum atomic E-state index is -0.712. The van der Waals surface area contributed by atoms with Gasteiger partial charge in [0, 0.05) is 17.3 Å². The molecule has 2 aliphatic rings. The molecule has 2 aromatic carbocycles. The molecule has 3 aromatic rings. The topological polar surface area (TPSA) is 99.9 Å². The second-order valence-corrected chi connectivity index (χ2v) is 8.25. The number of hydrogen-bond acceptors (Lipinski definition) is 7. The van der Waals surface area contributed by atoms with Gasteiger partial charge in [-0.25, -0.2) is 4.79 Å². The predicted octanol–water partition coefficient (Wildman–Crippen LogP) is 4.70. The number of amides is 1. The molecule has 8 heteroatoms. The maximum absolute atomic E-state index is 13.1. The number of carbonyl (C=O) groups is 2. The van der Waals surface area contributed by atoms with Crippen molar-refractivity contribution in [1.82, 2.24) is 5.16 Å². The molecule has 0 saturated heterocycles. The number of carbonyl (C=O) groups excluding carboxylic acids is 2. The molecule has 1 aliphatic carbocycles. The van der Waals surface area contributed by atoms with Crippen LogP contribution in [0.15, 0.2) is 53.1 Å². The van der Waals surface area contributed by atoms with Crippen LogP contribution in [0.3, 0.4) is 0 Å². The van der Waals surface area contributed by atoms with Crippen molar-refractivity contribution in [2.75, 3.05) is 18.7 Å². The van der Waals surface area contributed by atoms with Crippen molar-refractivity contribution in [2.45, 2.75) is 38.0 Å². The molecule has 2 heterocycles. The third kappa shape index (κ3) is 4.16. The van der Waals surface area contributed by atoms with Crippen LogP contribution in [0.25, 0.3) is 11.3 Å². The lowest BCUT2D eigenvalue weighted by atomic mass is 10.00. The summed E-state index contributed by atoms with van der Waals surface area (Å²) in [5.74, 6) is 1.40. The van der Waals surface area contributed by atoms with Gasteiger partial charge in [0.1, 0.15) is 0 Å². The molecule has 0 bridgehead atoms. The summed E-state index contributed by atoms with van der Waals surface area (Å²) in [6.07, 6.45) is 3.17. The first-order chi connectivity index (χ1) is 16.1. The normalized spacial score (nSPS) is 15.2. The summed E-state index contributed by atoms with van der Waals surface area (Å²) in [7, 11) is 0. The summed E-state index contributed by atoms with van der Waals surface area (Å²) in [6.45, 7) is 2.64. The number of nitrogens with zero attached hydrogens (tertiary/aromatic N) is 1. The Morgan fingerprint density at radius 2 is 1.85 bits per heavy atom. The first-order valence-electron chi connectivity index (χ1n) is 11.0. The summed E-state index contributed by atoms with van der Waals surface area (Å²) in [4.78, 5) is 25.1. The SMILES string of the molecule is CCCCOC(=O)c1ccc(NC(=O)C2(c3cc(-c4ccc5c(c4)OCO5)on3)CC2)cc1. The molecule has 0 spiro atoms. The molecule has 5 rings (SSSR count). The highest BCUT2D eigenvalue weighted by molar-refractivity contribution is 6.01. The smallest absolute Gasteiger partial charge is 0.338 e. The molecule has 1 N–H and O–H groups in total. The maximum atomic E-state index is 13.1. The van der Waals surface area contributed by atoms with E-state index >= 15 is 0 Å². The lowest BCUT2D eigenvalue weighted by Crippen LogP contribution is -2.28. The van der Waals surface area contributed by atoms with Crippen molar-refractivity contribution >= 4 is 17.6 Å². The van der Waals surface area contributed by atoms with E-state index in [0.717, 1.165) is 18.4 Å². The average molecular weight is 448 g/mol. The van der Waals surface area contributed by atoms with Crippen molar-refractivity contribution in [3.05, 3.63) is 59.8 Å². The summed E-state index contributed by atoms with van der Waals surface area (Å²) in [5.41, 5.74) is 1.75. The van der Waals surface area contributed by atoms with Crippen LogP contribution < -0.4 is 14.8 Å². The monoisotopic (exact) mass is 448 g/mol. The Morgan fingerprint density at radius 1 is 1.06 bits per heavy atom. The maximum Gasteiger partial charge on any atom is 0.338 e. The van der Waals surface area contributed by atoms with Crippen molar-refractivity contribution < 1.29 is 28.3 Å². The van der Waals surface area contributed by atoms with E-state index in [2.05, 4.69) is 10.5 Å². The van der Waals surface area contributed by atoms with Crippen LogP contribution in [-0.2, 0) is 14.9 Å². The number of ether oxygens (including phenoxy) is 3. The predicted molar refractivity (Wildman–Crippen MR) is 119 cm³/mol. The summed E-state index contributed by atoms with van der Waals surface area (Å²) >= 11 is 0. The molecule has 33 heavy (non-hydrogen) atoms. The molecule has 1 fully saturated rings. The second kappa shape index (κ2) is 8.61. The van der Waals surface area contributed by atoms with Crippen molar-refractivity contribution in [2.24, 2.45) is 0 Å². The zero-order valence-corrected chi connectivity index (χ0v) is 18.3. The van der Waals surface area contributed by atoms with Gasteiger partial charge >= 0.3 is 5.97 Å². The van der Waals surface area contributed by atoms with Gasteiger partial charge in [-0.1, -0.05) is 18.5 Å². The standard InChI is InChI=1S/C25H24N2O6/c1-2-3-12-30-23(28)16-4-7-18(8-5-16)26-24(29)25(10-11-25)22-14-20(33-27-22)17-6-9-19-21(13-17)32-15-31-19/h4-9,13-14H,2-3,10-12,15H2,1H3,(H,26,29). The van der Waals surface area contributed by atoms with E-state index in [1.165, 1.54) is 0 Å². The number of unbranched alkanes of at least 4 members (excludes halogenated alkanes) is 1. The zero-order chi connectivity index (χ0) is 22.8. The largest absolute Gasteiger partial charge is 0.462 e. The molecule has 0 radical (unpaired) electrons. The Hall–Kier alpha value is -3.81. The fourth-order valence-electron chi connectivity index (χ4n) is 3.74. The Kier molecular flexibility index (Phi) is 5.50. The summed E-state index contributed by atoms with van der Waals surface area (Å²) in [6, 6.07) is 14.0. The first kappa shape index (κ1) is 21.1. The third-order valence-electron chi connectivity index (χ3n) is 5.95. The molecule has 0 atom stereocenters. The zero-order valence-electron chi connectivity index (χ0n) is 18.3. The molecule has 1 amide bonds. The molecular weight excluding hydrogens is 424 g/mol. The number of nitrogens with one attached hydrogen (secondary N) is 1. The second-order valence-electron chi connectivity index (χ2n) is 8.25. The molecule has 1 saturated carbocycles. The average Bonchev–Trinajstić information content (AvgIpc) is 3.26. The number of rotatable bonds is 8. The van der Waals surface area contributed by atoms with Gasteiger partial charge in [-0.15, -0.1) is 0 Å². The van der Waals surface area contributed by atoms with E-state index in [1.807, 2.05) is 25.1 Å². The fraction of sp³-hybridized carbons (Fsp3) is 0.320. The number of fused-ring (bicyclic) bond motifs is 1. The van der Waals surface area contributed by atoms with E-state index in [-0.39, 0.29) is 18.7 Å². The minimum Gasteiger partial charge on any atom is -0.462 e. The summed E-state index contributed by atoms with van der Waals surface area (Å²) < 4.78 is 21.5. The van der Waals surface area contributed by atoms with Gasteiger partial charge in [-0.05, 0) is 61.7 Å². The van der Waals surface area contributed by atoms with E-state index in [4.69, 9.17) is 18.7 Å². The van der Waals surface area contributed by atoms with Gasteiger partial charge in [0.15, 0.2) is 17.3 Å². The van der Waals surface area contributed by atoms with Crippen LogP contribution in [0.2, 0.25) is 0 Å². The van der Waals surface area contributed by atoms with Gasteiger partial charge in [-0.3, -0.25) is 4.79 Å². The fourth-order valence-corrected chi connectivity index (χ4v) is 3.74. The molecule has 1 aromatic heterocycles. The Labute approximate surface area is 190 Å². The first-order valence-corrected chi connectivity index (χ1v) is 11.0. The van der Waals surface area contributed by atoms with E-state index in [0.29, 0.717) is 53.7 Å². The molecular formula is C25H24N2O6. The van der Waals surface area contributed by atoms with Gasteiger partial charge in [-0.2, -0.15) is 0 Å². The molecule has 170 valence electrons. The van der Waals surface area contributed by atoms with Crippen molar-refractivity contribution in [3.8, 4) is 22.8 Å². The highest BCUT2D eigenvalue weighted by Crippen LogP contribution is 2.49. The van der Waals surface area contributed by atoms with E-state index < -0.39 is 5.41 Å². The molecule has 8 nitrogen and oxygen atoms in total. The van der Waals surface area contributed by atoms with Crippen LogP contribution in [0, 0.1) is 0 Å². The number of hydrogen-bond donors (Lipinski definition) is 1. The highest BCUT2D eigenvalue weighted by atomic mass is 16.7. The van der Waals surface area contributed by atoms with Crippen LogP contribution in [-0.4, -0.2) is 30.4 Å². The number of anilines is 1. The van der Waals surface area contributed by atoms with Crippen LogP contribution in [0.4, 0.5) is 5.69 Å². The van der Waals surface area contributed by atoms with E-state index in [9.17, 15) is 9.59 Å². The number of benzene rings is 2. The lowest BCUT2D eigenvalue weighted by Gasteiger charge is -2.13. The third-order valence-corrected chi connectivity index (χ3v) is 5.95. The van der Waals surface area contributed by atoms with Crippen LogP contribution in [0.5, 0.6) is 11.5 Å². The number of esters is 1. The van der Waals surface area contributed by atoms with Gasteiger partial charge in [0.05, 0.1) is 23.3 Å². The van der Waals surface area contributed by atoms with Crippen molar-refractivity contribution in [3.63, 3.8) is 0 Å². The quantitative estimate of drug-likeness (QED) is 0.394. The molecule has 0 unspecified atom stereocenters. The van der Waals surface area contributed by atoms with Gasteiger partial charge < -0.3 is 24.1 Å². The van der Waals surface area contributed by atoms with E-state index in [1.54, 1.807) is 30.3 Å². The van der Waals surface area contributed by atoms with Crippen LogP contribution >= 0.6 is 0 Å². The summed E-state index contributed by atoms with van der Waals surface area (Å²) in [5, 5.41) is 7.12. The van der Waals surface area contributed by atoms with Crippen LogP contribution in [0.1, 0.15) is 48.7 Å². The Balaban J connectivity index is 1.26. The van der Waals surface area contributed by atoms with Crippen molar-refractivity contribution in [1.29, 1.82) is 0 Å². The Morgan fingerprint density at radius 3 is 2.61 bits per heavy atom. The number of aromatic nitrogens is 1. The Bertz CT molecular complexity index is 1180. The highest BCUT2D eigenvalue weighted by Gasteiger charge is 2.53. The lowest BCUT2D eigenvalue weighted by molar-refractivity contribution is -0.118.